The summed E-state index contributed by atoms with van der Waals surface area (Å²) in [6.45, 7) is 1.92. The van der Waals surface area contributed by atoms with Crippen LogP contribution >= 0.6 is 0 Å². The highest BCUT2D eigenvalue weighted by Gasteiger charge is 2.19. The molecule has 1 aromatic heterocycles. The second kappa shape index (κ2) is 5.79. The summed E-state index contributed by atoms with van der Waals surface area (Å²) in [6, 6.07) is 1.60. The topological polar surface area (TPSA) is 83.4 Å². The maximum Gasteiger partial charge on any atom is 0.323 e. The average molecular weight is 223 g/mol. The number of amides is 1. The van der Waals surface area contributed by atoms with E-state index in [0.717, 1.165) is 0 Å². The molecule has 6 nitrogen and oxygen atoms in total. The number of aliphatic carboxylic acids is 1. The van der Waals surface area contributed by atoms with Gasteiger partial charge in [0.05, 0.1) is 0 Å². The minimum absolute atomic E-state index is 0.0252. The molecule has 1 aromatic rings. The fraction of sp³-hybridized carbons (Fsp3) is 0.400. The van der Waals surface area contributed by atoms with Gasteiger partial charge in [-0.3, -0.25) is 9.59 Å². The molecule has 0 spiro atoms. The smallest absolute Gasteiger partial charge is 0.323 e. The van der Waals surface area contributed by atoms with E-state index in [2.05, 4.69) is 9.97 Å². The third-order valence-corrected chi connectivity index (χ3v) is 1.86. The molecule has 0 aliphatic carbocycles. The monoisotopic (exact) mass is 223 g/mol. The highest BCUT2D eigenvalue weighted by molar-refractivity contribution is 5.92. The van der Waals surface area contributed by atoms with Crippen LogP contribution in [-0.4, -0.2) is 44.9 Å². The molecule has 0 atom stereocenters. The Hall–Kier alpha value is -1.98. The van der Waals surface area contributed by atoms with Crippen LogP contribution in [-0.2, 0) is 4.79 Å². The standard InChI is InChI=1S/C10H13N3O3/c1-2-6-13(7-8(14)15)10(16)9-11-4-3-5-12-9/h3-5H,2,6-7H2,1H3,(H,14,15). The summed E-state index contributed by atoms with van der Waals surface area (Å²) in [5.74, 6) is -1.47. The second-order valence-corrected chi connectivity index (χ2v) is 3.19. The molecule has 0 bridgehead atoms. The second-order valence-electron chi connectivity index (χ2n) is 3.19. The first kappa shape index (κ1) is 12.1. The molecule has 86 valence electrons. The van der Waals surface area contributed by atoms with Crippen LogP contribution in [0.3, 0.4) is 0 Å². The van der Waals surface area contributed by atoms with Gasteiger partial charge in [0.15, 0.2) is 0 Å². The van der Waals surface area contributed by atoms with Gasteiger partial charge in [-0.1, -0.05) is 6.92 Å². The average Bonchev–Trinajstić information content (AvgIpc) is 2.28. The molecular weight excluding hydrogens is 210 g/mol. The van der Waals surface area contributed by atoms with Crippen molar-refractivity contribution in [3.63, 3.8) is 0 Å². The van der Waals surface area contributed by atoms with Crippen molar-refractivity contribution in [2.75, 3.05) is 13.1 Å². The van der Waals surface area contributed by atoms with Crippen molar-refractivity contribution in [2.24, 2.45) is 0 Å². The number of hydrogen-bond donors (Lipinski definition) is 1. The zero-order valence-electron chi connectivity index (χ0n) is 8.96. The Morgan fingerprint density at radius 2 is 2.00 bits per heavy atom. The molecule has 0 unspecified atom stereocenters. The van der Waals surface area contributed by atoms with Crippen molar-refractivity contribution in [1.82, 2.24) is 14.9 Å². The van der Waals surface area contributed by atoms with Gasteiger partial charge in [0.1, 0.15) is 6.54 Å². The van der Waals surface area contributed by atoms with Crippen molar-refractivity contribution >= 4 is 11.9 Å². The van der Waals surface area contributed by atoms with Crippen LogP contribution in [0.1, 0.15) is 24.0 Å². The molecule has 0 radical (unpaired) electrons. The molecule has 0 fully saturated rings. The molecule has 0 saturated heterocycles. The van der Waals surface area contributed by atoms with Gasteiger partial charge in [-0.05, 0) is 12.5 Å². The fourth-order valence-corrected chi connectivity index (χ4v) is 1.24. The number of nitrogens with zero attached hydrogens (tertiary/aromatic N) is 3. The third kappa shape index (κ3) is 3.30. The SMILES string of the molecule is CCCN(CC(=O)O)C(=O)c1ncccn1. The van der Waals surface area contributed by atoms with Crippen LogP contribution in [0.4, 0.5) is 0 Å². The zero-order valence-corrected chi connectivity index (χ0v) is 8.96. The Morgan fingerprint density at radius 3 is 2.50 bits per heavy atom. The summed E-state index contributed by atoms with van der Waals surface area (Å²) in [7, 11) is 0. The summed E-state index contributed by atoms with van der Waals surface area (Å²) in [5, 5.41) is 8.67. The minimum atomic E-state index is -1.04. The summed E-state index contributed by atoms with van der Waals surface area (Å²) in [6.07, 6.45) is 3.59. The Bertz CT molecular complexity index is 367. The van der Waals surface area contributed by atoms with E-state index in [1.165, 1.54) is 17.3 Å². The van der Waals surface area contributed by atoms with Crippen molar-refractivity contribution < 1.29 is 14.7 Å². The third-order valence-electron chi connectivity index (χ3n) is 1.86. The lowest BCUT2D eigenvalue weighted by atomic mass is 10.3. The first-order chi connectivity index (χ1) is 7.65. The van der Waals surface area contributed by atoms with E-state index in [1.54, 1.807) is 6.07 Å². The molecule has 1 rings (SSSR count). The Morgan fingerprint density at radius 1 is 1.38 bits per heavy atom. The molecule has 0 aliphatic rings. The summed E-state index contributed by atoms with van der Waals surface area (Å²) < 4.78 is 0. The van der Waals surface area contributed by atoms with Gasteiger partial charge in [-0.25, -0.2) is 9.97 Å². The van der Waals surface area contributed by atoms with Crippen molar-refractivity contribution in [1.29, 1.82) is 0 Å². The molecule has 16 heavy (non-hydrogen) atoms. The van der Waals surface area contributed by atoms with E-state index in [1.807, 2.05) is 6.92 Å². The maximum atomic E-state index is 11.8. The van der Waals surface area contributed by atoms with E-state index in [9.17, 15) is 9.59 Å². The van der Waals surface area contributed by atoms with Crippen LogP contribution in [0.2, 0.25) is 0 Å². The van der Waals surface area contributed by atoms with Gasteiger partial charge in [-0.2, -0.15) is 0 Å². The molecule has 0 aliphatic heterocycles. The summed E-state index contributed by atoms with van der Waals surface area (Å²) >= 11 is 0. The van der Waals surface area contributed by atoms with Crippen molar-refractivity contribution in [3.05, 3.63) is 24.3 Å². The lowest BCUT2D eigenvalue weighted by molar-refractivity contribution is -0.137. The van der Waals surface area contributed by atoms with E-state index in [0.29, 0.717) is 13.0 Å². The quantitative estimate of drug-likeness (QED) is 0.781. The Balaban J connectivity index is 2.78. The maximum absolute atomic E-state index is 11.8. The van der Waals surface area contributed by atoms with Gasteiger partial charge in [0, 0.05) is 18.9 Å². The van der Waals surface area contributed by atoms with Gasteiger partial charge in [0.25, 0.3) is 5.91 Å². The number of rotatable bonds is 5. The first-order valence-corrected chi connectivity index (χ1v) is 4.93. The lowest BCUT2D eigenvalue weighted by Gasteiger charge is -2.18. The van der Waals surface area contributed by atoms with E-state index in [4.69, 9.17) is 5.11 Å². The van der Waals surface area contributed by atoms with Crippen LogP contribution in [0.5, 0.6) is 0 Å². The number of carbonyl (C=O) groups excluding carboxylic acids is 1. The molecular formula is C10H13N3O3. The predicted octanol–water partition coefficient (Wildman–Crippen LogP) is 0.413. The minimum Gasteiger partial charge on any atom is -0.480 e. The zero-order chi connectivity index (χ0) is 12.0. The molecule has 6 heteroatoms. The Kier molecular flexibility index (Phi) is 4.38. The molecule has 0 aromatic carbocycles. The predicted molar refractivity (Wildman–Crippen MR) is 55.9 cm³/mol. The highest BCUT2D eigenvalue weighted by Crippen LogP contribution is 1.99. The summed E-state index contributed by atoms with van der Waals surface area (Å²) in [5.41, 5.74) is 0. The molecule has 1 amide bonds. The number of carboxylic acid groups (broad SMARTS) is 1. The first-order valence-electron chi connectivity index (χ1n) is 4.93. The van der Waals surface area contributed by atoms with Crippen LogP contribution in [0.25, 0.3) is 0 Å². The fourth-order valence-electron chi connectivity index (χ4n) is 1.24. The van der Waals surface area contributed by atoms with E-state index < -0.39 is 11.9 Å². The van der Waals surface area contributed by atoms with Crippen molar-refractivity contribution in [2.45, 2.75) is 13.3 Å². The largest absolute Gasteiger partial charge is 0.480 e. The number of carboxylic acids is 1. The Labute approximate surface area is 92.9 Å². The van der Waals surface area contributed by atoms with Gasteiger partial charge in [-0.15, -0.1) is 0 Å². The summed E-state index contributed by atoms with van der Waals surface area (Å²) in [4.78, 5) is 31.2. The number of aromatic nitrogens is 2. The lowest BCUT2D eigenvalue weighted by Crippen LogP contribution is -2.37. The normalized spacial score (nSPS) is 9.81. The molecule has 0 saturated carbocycles. The van der Waals surface area contributed by atoms with Gasteiger partial charge >= 0.3 is 5.97 Å². The van der Waals surface area contributed by atoms with Crippen molar-refractivity contribution in [3.8, 4) is 0 Å². The number of carbonyl (C=O) groups is 2. The van der Waals surface area contributed by atoms with Crippen LogP contribution < -0.4 is 0 Å². The highest BCUT2D eigenvalue weighted by atomic mass is 16.4. The molecule has 1 heterocycles. The van der Waals surface area contributed by atoms with Crippen LogP contribution in [0.15, 0.2) is 18.5 Å². The number of hydrogen-bond acceptors (Lipinski definition) is 4. The van der Waals surface area contributed by atoms with E-state index in [-0.39, 0.29) is 12.4 Å². The van der Waals surface area contributed by atoms with Crippen LogP contribution in [0, 0.1) is 0 Å². The van der Waals surface area contributed by atoms with Gasteiger partial charge < -0.3 is 10.0 Å². The van der Waals surface area contributed by atoms with E-state index >= 15 is 0 Å². The molecule has 1 N–H and O–H groups in total. The van der Waals surface area contributed by atoms with Gasteiger partial charge in [0.2, 0.25) is 5.82 Å².